The lowest BCUT2D eigenvalue weighted by Gasteiger charge is -2.24. The quantitative estimate of drug-likeness (QED) is 0.868. The van der Waals surface area contributed by atoms with Crippen LogP contribution in [0.1, 0.15) is 41.0 Å². The molecule has 1 aliphatic heterocycles. The number of carbonyl (C=O) groups excluding carboxylic acids is 1. The summed E-state index contributed by atoms with van der Waals surface area (Å²) in [5, 5.41) is 6.66. The molecule has 0 unspecified atom stereocenters. The van der Waals surface area contributed by atoms with Gasteiger partial charge in [-0.3, -0.25) is 0 Å². The largest absolute Gasteiger partial charge is 0.444 e. The molecule has 26 heavy (non-hydrogen) atoms. The summed E-state index contributed by atoms with van der Waals surface area (Å²) in [5.41, 5.74) is 0.611. The minimum Gasteiger partial charge on any atom is -0.444 e. The van der Waals surface area contributed by atoms with Gasteiger partial charge in [0.25, 0.3) is 0 Å². The van der Waals surface area contributed by atoms with Gasteiger partial charge in [0.2, 0.25) is 0 Å². The van der Waals surface area contributed by atoms with Crippen LogP contribution >= 0.6 is 0 Å². The van der Waals surface area contributed by atoms with Crippen LogP contribution in [0.5, 0.6) is 0 Å². The van der Waals surface area contributed by atoms with Gasteiger partial charge in [-0.05, 0) is 47.1 Å². The average molecular weight is 356 g/mol. The fourth-order valence-corrected chi connectivity index (χ4v) is 3.34. The zero-order chi connectivity index (χ0) is 18.9. The van der Waals surface area contributed by atoms with E-state index in [0.717, 1.165) is 33.7 Å². The van der Waals surface area contributed by atoms with Crippen LogP contribution in [0.15, 0.2) is 12.3 Å². The van der Waals surface area contributed by atoms with Gasteiger partial charge < -0.3 is 19.9 Å². The average Bonchev–Trinajstić information content (AvgIpc) is 3.22. The van der Waals surface area contributed by atoms with Gasteiger partial charge in [-0.25, -0.2) is 9.78 Å². The lowest BCUT2D eigenvalue weighted by atomic mass is 10.2. The van der Waals surface area contributed by atoms with Crippen molar-refractivity contribution in [2.75, 3.05) is 18.4 Å². The first kappa shape index (κ1) is 18.3. The standard InChI is InChI=1S/C20H28N4O2/c1-6-14-16(7-2)23-18(15-8-10-21-17(14)15)22-13-9-11-24(12-13)19(25)26-20(3,4)5/h6-8,10,13,21H,9,11-12H2,1-5H3,(H,22,23)/b14-6+,16-7+/t13-/m0/s1. The molecule has 2 aromatic rings. The topological polar surface area (TPSA) is 70.2 Å². The minimum atomic E-state index is -0.472. The van der Waals surface area contributed by atoms with E-state index in [2.05, 4.69) is 16.4 Å². The number of aromatic amines is 1. The normalized spacial score (nSPS) is 19.4. The molecule has 0 bridgehead atoms. The Labute approximate surface area is 153 Å². The van der Waals surface area contributed by atoms with Gasteiger partial charge >= 0.3 is 6.09 Å². The van der Waals surface area contributed by atoms with Crippen LogP contribution in [0.3, 0.4) is 0 Å². The van der Waals surface area contributed by atoms with Crippen LogP contribution in [-0.4, -0.2) is 45.7 Å². The zero-order valence-corrected chi connectivity index (χ0v) is 16.2. The first-order valence-electron chi connectivity index (χ1n) is 9.16. The van der Waals surface area contributed by atoms with E-state index in [1.165, 1.54) is 0 Å². The number of H-pyrrole nitrogens is 1. The van der Waals surface area contributed by atoms with Crippen molar-refractivity contribution in [2.24, 2.45) is 0 Å². The first-order chi connectivity index (χ1) is 12.3. The molecule has 0 saturated carbocycles. The van der Waals surface area contributed by atoms with Crippen molar-refractivity contribution >= 4 is 35.0 Å². The maximum Gasteiger partial charge on any atom is 0.410 e. The van der Waals surface area contributed by atoms with Gasteiger partial charge in [0.1, 0.15) is 11.4 Å². The summed E-state index contributed by atoms with van der Waals surface area (Å²) in [6, 6.07) is 2.20. The Morgan fingerprint density at radius 2 is 2.15 bits per heavy atom. The number of nitrogens with zero attached hydrogens (tertiary/aromatic N) is 2. The number of aromatic nitrogens is 2. The predicted octanol–water partition coefficient (Wildman–Crippen LogP) is 2.58. The highest BCUT2D eigenvalue weighted by molar-refractivity contribution is 5.90. The molecule has 1 saturated heterocycles. The van der Waals surface area contributed by atoms with Crippen LogP contribution in [-0.2, 0) is 4.74 Å². The van der Waals surface area contributed by atoms with Gasteiger partial charge in [-0.15, -0.1) is 0 Å². The number of anilines is 1. The second-order valence-electron chi connectivity index (χ2n) is 7.66. The van der Waals surface area contributed by atoms with Crippen molar-refractivity contribution in [2.45, 2.75) is 52.7 Å². The first-order valence-corrected chi connectivity index (χ1v) is 9.16. The second kappa shape index (κ2) is 7.02. The van der Waals surface area contributed by atoms with Crippen molar-refractivity contribution in [3.63, 3.8) is 0 Å². The van der Waals surface area contributed by atoms with E-state index in [4.69, 9.17) is 9.72 Å². The summed E-state index contributed by atoms with van der Waals surface area (Å²) in [4.78, 5) is 22.1. The molecule has 1 atom stereocenters. The third-order valence-corrected chi connectivity index (χ3v) is 4.52. The van der Waals surface area contributed by atoms with Crippen molar-refractivity contribution in [3.05, 3.63) is 22.8 Å². The summed E-state index contributed by atoms with van der Waals surface area (Å²) >= 11 is 0. The summed E-state index contributed by atoms with van der Waals surface area (Å²) < 4.78 is 5.47. The van der Waals surface area contributed by atoms with E-state index in [0.29, 0.717) is 13.1 Å². The van der Waals surface area contributed by atoms with Crippen molar-refractivity contribution in [3.8, 4) is 0 Å². The Hall–Kier alpha value is -2.50. The summed E-state index contributed by atoms with van der Waals surface area (Å²) in [5.74, 6) is 0.857. The monoisotopic (exact) mass is 356 g/mol. The molecule has 6 heteroatoms. The molecular formula is C20H28N4O2. The van der Waals surface area contributed by atoms with Crippen LogP contribution < -0.4 is 15.9 Å². The number of rotatable bonds is 2. The highest BCUT2D eigenvalue weighted by Gasteiger charge is 2.30. The Morgan fingerprint density at radius 3 is 2.81 bits per heavy atom. The van der Waals surface area contributed by atoms with Gasteiger partial charge in [-0.2, -0.15) is 0 Å². The third kappa shape index (κ3) is 3.69. The highest BCUT2D eigenvalue weighted by atomic mass is 16.6. The molecule has 1 fully saturated rings. The number of likely N-dealkylation sites (tertiary alicyclic amines) is 1. The molecule has 140 valence electrons. The molecule has 2 N–H and O–H groups in total. The smallest absolute Gasteiger partial charge is 0.410 e. The molecular weight excluding hydrogens is 328 g/mol. The molecule has 1 aliphatic rings. The Bertz CT molecular complexity index is 924. The molecule has 0 aromatic carbocycles. The number of pyridine rings is 1. The number of ether oxygens (including phenoxy) is 1. The fraction of sp³-hybridized carbons (Fsp3) is 0.500. The number of fused-ring (bicyclic) bond motifs is 1. The van der Waals surface area contributed by atoms with E-state index in [1.54, 1.807) is 4.90 Å². The summed E-state index contributed by atoms with van der Waals surface area (Å²) in [6.07, 6.45) is 6.65. The van der Waals surface area contributed by atoms with E-state index in [-0.39, 0.29) is 12.1 Å². The lowest BCUT2D eigenvalue weighted by molar-refractivity contribution is 0.0293. The molecule has 3 heterocycles. The minimum absolute atomic E-state index is 0.161. The van der Waals surface area contributed by atoms with Crippen LogP contribution in [0.25, 0.3) is 23.1 Å². The van der Waals surface area contributed by atoms with Crippen molar-refractivity contribution < 1.29 is 9.53 Å². The zero-order valence-electron chi connectivity index (χ0n) is 16.2. The Kier molecular flexibility index (Phi) is 4.94. The van der Waals surface area contributed by atoms with Crippen LogP contribution in [0, 0.1) is 0 Å². The van der Waals surface area contributed by atoms with E-state index >= 15 is 0 Å². The number of nitrogens with one attached hydrogen (secondary N) is 2. The predicted molar refractivity (Wildman–Crippen MR) is 105 cm³/mol. The summed E-state index contributed by atoms with van der Waals surface area (Å²) in [7, 11) is 0. The Morgan fingerprint density at radius 1 is 1.38 bits per heavy atom. The van der Waals surface area contributed by atoms with Crippen molar-refractivity contribution in [1.82, 2.24) is 14.9 Å². The second-order valence-corrected chi connectivity index (χ2v) is 7.66. The molecule has 6 nitrogen and oxygen atoms in total. The highest BCUT2D eigenvalue weighted by Crippen LogP contribution is 2.21. The summed E-state index contributed by atoms with van der Waals surface area (Å²) in [6.45, 7) is 11.0. The van der Waals surface area contributed by atoms with Gasteiger partial charge in [-0.1, -0.05) is 12.2 Å². The third-order valence-electron chi connectivity index (χ3n) is 4.52. The van der Waals surface area contributed by atoms with E-state index in [1.807, 2.05) is 53.0 Å². The number of carbonyl (C=O) groups is 1. The molecule has 1 amide bonds. The maximum absolute atomic E-state index is 12.3. The number of amides is 1. The number of hydrogen-bond donors (Lipinski definition) is 2. The SMILES string of the molecule is C/C=c1\c(=C/C)nc(N[C@H]2CCN(C(=O)OC(C)(C)C)C2)c2cc[nH]c12. The Balaban J connectivity index is 1.81. The van der Waals surface area contributed by atoms with Crippen LogP contribution in [0.2, 0.25) is 0 Å². The van der Waals surface area contributed by atoms with Crippen LogP contribution in [0.4, 0.5) is 10.6 Å². The van der Waals surface area contributed by atoms with Crippen molar-refractivity contribution in [1.29, 1.82) is 0 Å². The fourth-order valence-electron chi connectivity index (χ4n) is 3.34. The van der Waals surface area contributed by atoms with Gasteiger partial charge in [0, 0.05) is 35.9 Å². The molecule has 0 aliphatic carbocycles. The molecule has 0 spiro atoms. The van der Waals surface area contributed by atoms with Gasteiger partial charge in [0.05, 0.1) is 10.9 Å². The maximum atomic E-state index is 12.3. The molecule has 0 radical (unpaired) electrons. The lowest BCUT2D eigenvalue weighted by Crippen LogP contribution is -2.37. The molecule has 3 rings (SSSR count). The van der Waals surface area contributed by atoms with E-state index in [9.17, 15) is 4.79 Å². The van der Waals surface area contributed by atoms with E-state index < -0.39 is 5.60 Å². The van der Waals surface area contributed by atoms with Gasteiger partial charge in [0.15, 0.2) is 0 Å². The number of hydrogen-bond acceptors (Lipinski definition) is 4. The molecule has 2 aromatic heterocycles.